The molecular weight excluding hydrogens is 428 g/mol. The zero-order valence-electron chi connectivity index (χ0n) is 18.1. The summed E-state index contributed by atoms with van der Waals surface area (Å²) in [7, 11) is 0. The highest BCUT2D eigenvalue weighted by Gasteiger charge is 2.25. The molecule has 1 aliphatic carbocycles. The number of nitrogens with zero attached hydrogens (tertiary/aromatic N) is 4. The van der Waals surface area contributed by atoms with Crippen molar-refractivity contribution >= 4 is 23.3 Å². The molecule has 0 radical (unpaired) electrons. The summed E-state index contributed by atoms with van der Waals surface area (Å²) in [5.74, 6) is 1.27. The van der Waals surface area contributed by atoms with Crippen LogP contribution in [-0.2, 0) is 0 Å². The van der Waals surface area contributed by atoms with E-state index in [4.69, 9.17) is 21.6 Å². The summed E-state index contributed by atoms with van der Waals surface area (Å²) in [6, 6.07) is 11.2. The van der Waals surface area contributed by atoms with Crippen molar-refractivity contribution in [2.45, 2.75) is 50.8 Å². The first-order chi connectivity index (χ1) is 15.5. The number of piperazine rings is 1. The summed E-state index contributed by atoms with van der Waals surface area (Å²) >= 11 is 6.08. The van der Waals surface area contributed by atoms with Crippen molar-refractivity contribution in [1.82, 2.24) is 20.8 Å². The molecule has 1 aromatic carbocycles. The molecule has 2 N–H and O–H groups in total. The zero-order valence-corrected chi connectivity index (χ0v) is 18.8. The number of nitrogens with one attached hydrogen (secondary N) is 2. The van der Waals surface area contributed by atoms with Gasteiger partial charge in [-0.25, -0.2) is 0 Å². The molecule has 1 aliphatic heterocycles. The second-order valence-electron chi connectivity index (χ2n) is 8.34. The normalized spacial score (nSPS) is 23.3. The molecule has 2 heterocycles. The fraction of sp³-hybridized carbons (Fsp3) is 0.478. The minimum atomic E-state index is -0.194. The van der Waals surface area contributed by atoms with Crippen LogP contribution in [0, 0.1) is 11.3 Å². The van der Waals surface area contributed by atoms with Gasteiger partial charge in [0.15, 0.2) is 11.5 Å². The van der Waals surface area contributed by atoms with E-state index in [-0.39, 0.29) is 18.1 Å². The van der Waals surface area contributed by atoms with Gasteiger partial charge >= 0.3 is 0 Å². The highest BCUT2D eigenvalue weighted by Crippen LogP contribution is 2.27. The van der Waals surface area contributed by atoms with E-state index >= 15 is 0 Å². The maximum absolute atomic E-state index is 12.6. The molecule has 0 unspecified atom stereocenters. The van der Waals surface area contributed by atoms with Crippen molar-refractivity contribution in [2.24, 2.45) is 0 Å². The third kappa shape index (κ3) is 5.29. The molecule has 1 amide bonds. The van der Waals surface area contributed by atoms with Gasteiger partial charge in [0.05, 0.1) is 16.7 Å². The Morgan fingerprint density at radius 2 is 2.06 bits per heavy atom. The van der Waals surface area contributed by atoms with Gasteiger partial charge in [-0.2, -0.15) is 5.26 Å². The van der Waals surface area contributed by atoms with Crippen LogP contribution < -0.4 is 20.3 Å². The fourth-order valence-electron chi connectivity index (χ4n) is 4.22. The van der Waals surface area contributed by atoms with Gasteiger partial charge in [0.2, 0.25) is 0 Å². The average molecular weight is 455 g/mol. The van der Waals surface area contributed by atoms with E-state index in [9.17, 15) is 4.79 Å². The Hall–Kier alpha value is -2.89. The number of carbonyl (C=O) groups is 1. The molecule has 4 rings (SSSR count). The van der Waals surface area contributed by atoms with E-state index in [0.717, 1.165) is 51.1 Å². The van der Waals surface area contributed by atoms with E-state index in [1.54, 1.807) is 24.3 Å². The van der Waals surface area contributed by atoms with Crippen molar-refractivity contribution < 1.29 is 9.53 Å². The number of aromatic nitrogens is 2. The quantitative estimate of drug-likeness (QED) is 0.715. The molecule has 1 atom stereocenters. The molecule has 2 fully saturated rings. The maximum atomic E-state index is 12.6. The fourth-order valence-corrected chi connectivity index (χ4v) is 4.43. The summed E-state index contributed by atoms with van der Waals surface area (Å²) in [4.78, 5) is 14.8. The summed E-state index contributed by atoms with van der Waals surface area (Å²) in [5.41, 5.74) is 0.770. The minimum absolute atomic E-state index is 0.0623. The Kier molecular flexibility index (Phi) is 7.08. The van der Waals surface area contributed by atoms with Gasteiger partial charge in [0, 0.05) is 37.8 Å². The highest BCUT2D eigenvalue weighted by atomic mass is 35.5. The van der Waals surface area contributed by atoms with Crippen LogP contribution in [0.1, 0.15) is 48.7 Å². The van der Waals surface area contributed by atoms with Crippen LogP contribution in [0.5, 0.6) is 5.75 Å². The van der Waals surface area contributed by atoms with E-state index in [0.29, 0.717) is 28.1 Å². The van der Waals surface area contributed by atoms with Crippen molar-refractivity contribution in [2.75, 3.05) is 24.5 Å². The predicted octanol–water partition coefficient (Wildman–Crippen LogP) is 2.92. The number of hydrogen-bond donors (Lipinski definition) is 2. The highest BCUT2D eigenvalue weighted by molar-refractivity contribution is 6.31. The summed E-state index contributed by atoms with van der Waals surface area (Å²) in [5, 5.41) is 24.2. The first kappa shape index (κ1) is 22.3. The number of amides is 1. The van der Waals surface area contributed by atoms with Gasteiger partial charge in [0.25, 0.3) is 5.91 Å². The molecule has 8 nitrogen and oxygen atoms in total. The lowest BCUT2D eigenvalue weighted by Gasteiger charge is -2.34. The smallest absolute Gasteiger partial charge is 0.272 e. The Morgan fingerprint density at radius 3 is 2.72 bits per heavy atom. The van der Waals surface area contributed by atoms with E-state index < -0.39 is 0 Å². The topological polar surface area (TPSA) is 103 Å². The molecule has 1 saturated heterocycles. The van der Waals surface area contributed by atoms with Gasteiger partial charge < -0.3 is 20.3 Å². The lowest BCUT2D eigenvalue weighted by molar-refractivity contribution is 0.0888. The molecule has 1 saturated carbocycles. The first-order valence-corrected chi connectivity index (χ1v) is 11.4. The van der Waals surface area contributed by atoms with Crippen LogP contribution in [0.25, 0.3) is 0 Å². The van der Waals surface area contributed by atoms with Crippen molar-refractivity contribution in [3.63, 3.8) is 0 Å². The number of hydrogen-bond acceptors (Lipinski definition) is 7. The van der Waals surface area contributed by atoms with E-state index in [2.05, 4.69) is 32.7 Å². The largest absolute Gasteiger partial charge is 0.490 e. The number of ether oxygens (including phenoxy) is 1. The molecule has 32 heavy (non-hydrogen) atoms. The molecule has 168 valence electrons. The van der Waals surface area contributed by atoms with Gasteiger partial charge in [-0.3, -0.25) is 4.79 Å². The Labute approximate surface area is 192 Å². The Bertz CT molecular complexity index is 985. The number of anilines is 1. The zero-order chi connectivity index (χ0) is 22.5. The molecule has 2 aliphatic rings. The Balaban J connectivity index is 1.26. The SMILES string of the molecule is C[C@@H]1CNCCN1c1ccc(C(=O)N[C@H]2CC[C@H](Oc3ccc(C#N)c(Cl)c3)CC2)nn1. The van der Waals surface area contributed by atoms with Crippen LogP contribution in [-0.4, -0.2) is 53.9 Å². The molecule has 1 aromatic heterocycles. The van der Waals surface area contributed by atoms with Gasteiger partial charge in [-0.05, 0) is 56.9 Å². The van der Waals surface area contributed by atoms with Crippen molar-refractivity contribution in [1.29, 1.82) is 5.26 Å². The van der Waals surface area contributed by atoms with Crippen LogP contribution in [0.15, 0.2) is 30.3 Å². The van der Waals surface area contributed by atoms with Gasteiger partial charge in [-0.15, -0.1) is 10.2 Å². The van der Waals surface area contributed by atoms with Gasteiger partial charge in [-0.1, -0.05) is 11.6 Å². The number of halogens is 1. The molecular formula is C23H27ClN6O2. The second kappa shape index (κ2) is 10.2. The number of carbonyl (C=O) groups excluding carboxylic acids is 1. The summed E-state index contributed by atoms with van der Waals surface area (Å²) in [6.45, 7) is 4.85. The van der Waals surface area contributed by atoms with Crippen LogP contribution in [0.2, 0.25) is 5.02 Å². The summed E-state index contributed by atoms with van der Waals surface area (Å²) in [6.07, 6.45) is 3.36. The average Bonchev–Trinajstić information content (AvgIpc) is 2.81. The monoisotopic (exact) mass is 454 g/mol. The molecule has 2 aromatic rings. The lowest BCUT2D eigenvalue weighted by Crippen LogP contribution is -2.50. The lowest BCUT2D eigenvalue weighted by atomic mass is 9.93. The molecule has 9 heteroatoms. The number of rotatable bonds is 5. The minimum Gasteiger partial charge on any atom is -0.490 e. The van der Waals surface area contributed by atoms with Crippen LogP contribution in [0.4, 0.5) is 5.82 Å². The summed E-state index contributed by atoms with van der Waals surface area (Å²) < 4.78 is 6.01. The van der Waals surface area contributed by atoms with Crippen molar-refractivity contribution in [3.05, 3.63) is 46.6 Å². The standard InChI is InChI=1S/C23H27ClN6O2/c1-15-14-26-10-11-30(15)22-9-8-21(28-29-22)23(31)27-17-3-6-18(7-4-17)32-19-5-2-16(13-25)20(24)12-19/h2,5,8-9,12,15,17-18,26H,3-4,6-7,10-11,14H2,1H3,(H,27,31)/t15-,17-,18-/m1/s1. The van der Waals surface area contributed by atoms with Crippen molar-refractivity contribution in [3.8, 4) is 11.8 Å². The first-order valence-electron chi connectivity index (χ1n) is 11.0. The third-order valence-electron chi connectivity index (χ3n) is 6.05. The van der Waals surface area contributed by atoms with Gasteiger partial charge in [0.1, 0.15) is 11.8 Å². The maximum Gasteiger partial charge on any atom is 0.272 e. The van der Waals surface area contributed by atoms with E-state index in [1.807, 2.05) is 12.1 Å². The molecule has 0 spiro atoms. The number of nitriles is 1. The second-order valence-corrected chi connectivity index (χ2v) is 8.75. The molecule has 0 bridgehead atoms. The van der Waals surface area contributed by atoms with Crippen LogP contribution in [0.3, 0.4) is 0 Å². The predicted molar refractivity (Wildman–Crippen MR) is 122 cm³/mol. The number of benzene rings is 1. The Morgan fingerprint density at radius 1 is 1.25 bits per heavy atom. The van der Waals surface area contributed by atoms with Crippen LogP contribution >= 0.6 is 11.6 Å². The van der Waals surface area contributed by atoms with E-state index in [1.165, 1.54) is 0 Å². The third-order valence-corrected chi connectivity index (χ3v) is 6.36.